The third-order valence-electron chi connectivity index (χ3n) is 5.15. The summed E-state index contributed by atoms with van der Waals surface area (Å²) in [6.07, 6.45) is 0.656. The summed E-state index contributed by atoms with van der Waals surface area (Å²) in [6.45, 7) is 6.98. The third-order valence-corrected chi connectivity index (χ3v) is 5.45. The van der Waals surface area contributed by atoms with Crippen molar-refractivity contribution in [2.24, 2.45) is 0 Å². The first-order chi connectivity index (χ1) is 15.3. The number of benzene rings is 2. The predicted octanol–water partition coefficient (Wildman–Crippen LogP) is 4.98. The summed E-state index contributed by atoms with van der Waals surface area (Å²) in [7, 11) is 0. The minimum Gasteiger partial charge on any atom is -0.507 e. The Morgan fingerprint density at radius 3 is 2.50 bits per heavy atom. The number of aliphatic hydroxyl groups excluding tert-OH is 1. The Hall–Kier alpha value is -2.83. The molecule has 170 valence electrons. The summed E-state index contributed by atoms with van der Waals surface area (Å²) in [6, 6.07) is 13.3. The smallest absolute Gasteiger partial charge is 0.295 e. The van der Waals surface area contributed by atoms with Crippen LogP contribution in [0.3, 0.4) is 0 Å². The second-order valence-electron chi connectivity index (χ2n) is 7.75. The highest BCUT2D eigenvalue weighted by atomic mass is 35.5. The monoisotopic (exact) mass is 457 g/mol. The molecule has 2 aromatic rings. The van der Waals surface area contributed by atoms with Gasteiger partial charge in [0.25, 0.3) is 11.7 Å². The molecule has 1 atom stereocenters. The zero-order chi connectivity index (χ0) is 23.3. The van der Waals surface area contributed by atoms with E-state index < -0.39 is 17.7 Å². The van der Waals surface area contributed by atoms with Crippen molar-refractivity contribution in [2.45, 2.75) is 39.3 Å². The summed E-state index contributed by atoms with van der Waals surface area (Å²) in [5.41, 5.74) is 1.14. The Kier molecular flexibility index (Phi) is 7.94. The predicted molar refractivity (Wildman–Crippen MR) is 124 cm³/mol. The van der Waals surface area contributed by atoms with Crippen molar-refractivity contribution >= 4 is 29.1 Å². The number of nitrogens with zero attached hydrogens (tertiary/aromatic N) is 1. The van der Waals surface area contributed by atoms with Crippen LogP contribution in [0.25, 0.3) is 5.76 Å². The van der Waals surface area contributed by atoms with Crippen LogP contribution in [0.4, 0.5) is 0 Å². The van der Waals surface area contributed by atoms with Crippen LogP contribution < -0.4 is 4.74 Å². The van der Waals surface area contributed by atoms with Gasteiger partial charge in [-0.15, -0.1) is 0 Å². The maximum atomic E-state index is 13.0. The van der Waals surface area contributed by atoms with Crippen LogP contribution in [0.2, 0.25) is 5.02 Å². The van der Waals surface area contributed by atoms with Crippen molar-refractivity contribution in [3.05, 3.63) is 70.3 Å². The summed E-state index contributed by atoms with van der Waals surface area (Å²) >= 11 is 6.28. The molecule has 0 aromatic heterocycles. The fraction of sp³-hybridized carbons (Fsp3) is 0.360. The molecule has 0 spiro atoms. The Bertz CT molecular complexity index is 1000. The quantitative estimate of drug-likeness (QED) is 0.249. The summed E-state index contributed by atoms with van der Waals surface area (Å²) < 4.78 is 11.0. The van der Waals surface area contributed by atoms with Gasteiger partial charge in [-0.2, -0.15) is 0 Å². The first-order valence-electron chi connectivity index (χ1n) is 10.7. The number of aliphatic hydroxyl groups is 1. The van der Waals surface area contributed by atoms with Gasteiger partial charge in [-0.3, -0.25) is 9.59 Å². The highest BCUT2D eigenvalue weighted by Crippen LogP contribution is 2.40. The van der Waals surface area contributed by atoms with Crippen LogP contribution in [0, 0.1) is 0 Å². The van der Waals surface area contributed by atoms with E-state index >= 15 is 0 Å². The van der Waals surface area contributed by atoms with Gasteiger partial charge in [0.15, 0.2) is 0 Å². The first-order valence-corrected chi connectivity index (χ1v) is 11.1. The van der Waals surface area contributed by atoms with E-state index in [1.807, 2.05) is 51.1 Å². The molecular formula is C25H28ClNO5. The lowest BCUT2D eigenvalue weighted by molar-refractivity contribution is -0.140. The fourth-order valence-electron chi connectivity index (χ4n) is 3.72. The Morgan fingerprint density at radius 1 is 1.16 bits per heavy atom. The lowest BCUT2D eigenvalue weighted by Gasteiger charge is -2.25. The molecule has 2 aromatic carbocycles. The van der Waals surface area contributed by atoms with Gasteiger partial charge >= 0.3 is 0 Å². The fourth-order valence-corrected chi connectivity index (χ4v) is 3.96. The van der Waals surface area contributed by atoms with Crippen molar-refractivity contribution in [1.82, 2.24) is 4.90 Å². The topological polar surface area (TPSA) is 76.1 Å². The third kappa shape index (κ3) is 5.14. The van der Waals surface area contributed by atoms with Gasteiger partial charge in [-0.05, 0) is 51.0 Å². The van der Waals surface area contributed by atoms with Crippen LogP contribution in [0.5, 0.6) is 5.75 Å². The van der Waals surface area contributed by atoms with Crippen LogP contribution in [-0.4, -0.2) is 47.6 Å². The highest BCUT2D eigenvalue weighted by Gasteiger charge is 2.45. The minimum atomic E-state index is -0.717. The van der Waals surface area contributed by atoms with Gasteiger partial charge in [0.05, 0.1) is 29.3 Å². The molecule has 0 saturated carbocycles. The summed E-state index contributed by atoms with van der Waals surface area (Å²) in [5, 5.41) is 11.4. The number of hydrogen-bond donors (Lipinski definition) is 1. The normalized spacial score (nSPS) is 17.9. The standard InChI is InChI=1S/C25H28ClNO5/c1-4-31-20-12-11-18(15-19(20)26)23(28)21-22(17-9-6-5-7-10-17)27(25(30)24(21)29)13-8-14-32-16(2)3/h5-7,9-12,15-16,22,28H,4,8,13-14H2,1-3H3/b23-21+. The van der Waals surface area contributed by atoms with E-state index in [4.69, 9.17) is 21.1 Å². The maximum absolute atomic E-state index is 13.0. The molecule has 0 aliphatic carbocycles. The SMILES string of the molecule is CCOc1ccc(/C(O)=C2\C(=O)C(=O)N(CCCOC(C)C)C2c2ccccc2)cc1Cl. The minimum absolute atomic E-state index is 0.0474. The van der Waals surface area contributed by atoms with E-state index in [1.165, 1.54) is 11.0 Å². The number of carbonyl (C=O) groups is 2. The van der Waals surface area contributed by atoms with Crippen LogP contribution >= 0.6 is 11.6 Å². The van der Waals surface area contributed by atoms with E-state index in [2.05, 4.69) is 0 Å². The van der Waals surface area contributed by atoms with E-state index in [9.17, 15) is 14.7 Å². The zero-order valence-corrected chi connectivity index (χ0v) is 19.3. The summed E-state index contributed by atoms with van der Waals surface area (Å²) in [4.78, 5) is 27.4. The maximum Gasteiger partial charge on any atom is 0.295 e. The molecule has 7 heteroatoms. The van der Waals surface area contributed by atoms with Crippen molar-refractivity contribution in [3.8, 4) is 5.75 Å². The number of Topliss-reactive ketones (excluding diaryl/α,β-unsaturated/α-hetero) is 1. The largest absolute Gasteiger partial charge is 0.507 e. The van der Waals surface area contributed by atoms with Crippen molar-refractivity contribution in [3.63, 3.8) is 0 Å². The van der Waals surface area contributed by atoms with Crippen molar-refractivity contribution < 1.29 is 24.2 Å². The number of halogens is 1. The molecule has 1 saturated heterocycles. The molecule has 1 aliphatic heterocycles. The number of likely N-dealkylation sites (tertiary alicyclic amines) is 1. The van der Waals surface area contributed by atoms with Gasteiger partial charge in [-0.1, -0.05) is 41.9 Å². The number of amides is 1. The van der Waals surface area contributed by atoms with E-state index in [1.54, 1.807) is 12.1 Å². The van der Waals surface area contributed by atoms with Crippen LogP contribution in [0.1, 0.15) is 44.4 Å². The number of hydrogen-bond acceptors (Lipinski definition) is 5. The van der Waals surface area contributed by atoms with E-state index in [0.717, 1.165) is 5.56 Å². The molecule has 1 unspecified atom stereocenters. The summed E-state index contributed by atoms with van der Waals surface area (Å²) in [5.74, 6) is -1.13. The lowest BCUT2D eigenvalue weighted by atomic mass is 9.95. The van der Waals surface area contributed by atoms with E-state index in [-0.39, 0.29) is 17.4 Å². The van der Waals surface area contributed by atoms with E-state index in [0.29, 0.717) is 42.5 Å². The zero-order valence-electron chi connectivity index (χ0n) is 18.5. The molecular weight excluding hydrogens is 430 g/mol. The molecule has 1 heterocycles. The van der Waals surface area contributed by atoms with Crippen LogP contribution in [-0.2, 0) is 14.3 Å². The molecule has 1 amide bonds. The van der Waals surface area contributed by atoms with Crippen LogP contribution in [0.15, 0.2) is 54.1 Å². The van der Waals surface area contributed by atoms with Gasteiger partial charge in [0, 0.05) is 18.7 Å². The molecule has 0 bridgehead atoms. The van der Waals surface area contributed by atoms with Gasteiger partial charge in [0.1, 0.15) is 11.5 Å². The molecule has 0 radical (unpaired) electrons. The molecule has 1 fully saturated rings. The average molecular weight is 458 g/mol. The van der Waals surface area contributed by atoms with Gasteiger partial charge in [-0.25, -0.2) is 0 Å². The van der Waals surface area contributed by atoms with Crippen molar-refractivity contribution in [2.75, 3.05) is 19.8 Å². The molecule has 6 nitrogen and oxygen atoms in total. The number of ether oxygens (including phenoxy) is 2. The average Bonchev–Trinajstić information content (AvgIpc) is 3.03. The van der Waals surface area contributed by atoms with Gasteiger partial charge in [0.2, 0.25) is 0 Å². The second-order valence-corrected chi connectivity index (χ2v) is 8.16. The number of carbonyl (C=O) groups excluding carboxylic acids is 2. The molecule has 1 aliphatic rings. The second kappa shape index (κ2) is 10.7. The molecule has 1 N–H and O–H groups in total. The Morgan fingerprint density at radius 2 is 1.88 bits per heavy atom. The highest BCUT2D eigenvalue weighted by molar-refractivity contribution is 6.46. The Labute approximate surface area is 193 Å². The van der Waals surface area contributed by atoms with Gasteiger partial charge < -0.3 is 19.5 Å². The van der Waals surface area contributed by atoms with Crippen molar-refractivity contribution in [1.29, 1.82) is 0 Å². The lowest BCUT2D eigenvalue weighted by Crippen LogP contribution is -2.31. The molecule has 3 rings (SSSR count). The number of rotatable bonds is 9. The Balaban J connectivity index is 2.01. The molecule has 32 heavy (non-hydrogen) atoms. The number of ketones is 1. The first kappa shape index (κ1) is 23.8.